The van der Waals surface area contributed by atoms with Gasteiger partial charge in [-0.2, -0.15) is 0 Å². The molecule has 0 bridgehead atoms. The predicted octanol–water partition coefficient (Wildman–Crippen LogP) is 2.67. The molecule has 3 nitrogen and oxygen atoms in total. The van der Waals surface area contributed by atoms with Gasteiger partial charge in [0, 0.05) is 19.2 Å². The molecule has 1 fully saturated rings. The number of aromatic nitrogens is 1. The molecule has 1 aliphatic rings. The van der Waals surface area contributed by atoms with Crippen molar-refractivity contribution in [3.8, 4) is 0 Å². The topological polar surface area (TPSA) is 33.2 Å². The van der Waals surface area contributed by atoms with Crippen molar-refractivity contribution >= 4 is 5.91 Å². The van der Waals surface area contributed by atoms with Crippen LogP contribution in [0, 0.1) is 5.92 Å². The molecule has 0 radical (unpaired) electrons. The summed E-state index contributed by atoms with van der Waals surface area (Å²) in [5.74, 6) is 0.671. The van der Waals surface area contributed by atoms with E-state index >= 15 is 0 Å². The number of nitrogens with zero attached hydrogens (tertiary/aromatic N) is 2. The van der Waals surface area contributed by atoms with Gasteiger partial charge in [-0.05, 0) is 30.0 Å². The van der Waals surface area contributed by atoms with Crippen LogP contribution in [-0.4, -0.2) is 22.3 Å². The Morgan fingerprint density at radius 2 is 1.90 bits per heavy atom. The van der Waals surface area contributed by atoms with Crippen molar-refractivity contribution in [2.24, 2.45) is 5.92 Å². The highest BCUT2D eigenvalue weighted by Crippen LogP contribution is 2.23. The highest BCUT2D eigenvalue weighted by atomic mass is 16.2. The van der Waals surface area contributed by atoms with E-state index in [2.05, 4.69) is 29.2 Å². The standard InChI is InChI=1S/C17H18N2O/c20-17-11-15(10-14-6-2-1-3-7-14)12-19(17)13-16-8-4-5-9-18-16/h1-9,15H,10-13H2. The third kappa shape index (κ3) is 3.05. The molecule has 0 N–H and O–H groups in total. The Morgan fingerprint density at radius 3 is 2.65 bits per heavy atom. The number of carbonyl (C=O) groups excluding carboxylic acids is 1. The van der Waals surface area contributed by atoms with E-state index in [0.717, 1.165) is 18.7 Å². The van der Waals surface area contributed by atoms with Gasteiger partial charge in [0.1, 0.15) is 0 Å². The molecule has 1 aliphatic heterocycles. The monoisotopic (exact) mass is 266 g/mol. The molecule has 3 heteroatoms. The van der Waals surface area contributed by atoms with Crippen molar-refractivity contribution in [2.45, 2.75) is 19.4 Å². The molecule has 1 atom stereocenters. The molecule has 2 aromatic rings. The van der Waals surface area contributed by atoms with E-state index in [0.29, 0.717) is 18.9 Å². The zero-order valence-corrected chi connectivity index (χ0v) is 11.4. The second kappa shape index (κ2) is 5.87. The van der Waals surface area contributed by atoms with E-state index in [1.807, 2.05) is 29.2 Å². The SMILES string of the molecule is O=C1CC(Cc2ccccc2)CN1Cc1ccccn1. The number of carbonyl (C=O) groups is 1. The van der Waals surface area contributed by atoms with Crippen LogP contribution in [-0.2, 0) is 17.8 Å². The third-order valence-corrected chi connectivity index (χ3v) is 3.74. The van der Waals surface area contributed by atoms with Gasteiger partial charge in [-0.15, -0.1) is 0 Å². The van der Waals surface area contributed by atoms with E-state index in [1.165, 1.54) is 5.56 Å². The first-order chi connectivity index (χ1) is 9.81. The fourth-order valence-electron chi connectivity index (χ4n) is 2.78. The third-order valence-electron chi connectivity index (χ3n) is 3.74. The van der Waals surface area contributed by atoms with Gasteiger partial charge in [0.2, 0.25) is 5.91 Å². The van der Waals surface area contributed by atoms with Gasteiger partial charge in [-0.1, -0.05) is 36.4 Å². The average molecular weight is 266 g/mol. The number of hydrogen-bond donors (Lipinski definition) is 0. The minimum Gasteiger partial charge on any atom is -0.336 e. The summed E-state index contributed by atoms with van der Waals surface area (Å²) in [6.07, 6.45) is 3.41. The number of likely N-dealkylation sites (tertiary alicyclic amines) is 1. The van der Waals surface area contributed by atoms with Crippen molar-refractivity contribution in [3.05, 3.63) is 66.0 Å². The molecule has 1 aromatic heterocycles. The molecule has 1 amide bonds. The molecule has 0 spiro atoms. The average Bonchev–Trinajstić information content (AvgIpc) is 2.81. The molecule has 1 unspecified atom stereocenters. The van der Waals surface area contributed by atoms with Crippen LogP contribution >= 0.6 is 0 Å². The Bertz CT molecular complexity index is 568. The van der Waals surface area contributed by atoms with Gasteiger partial charge in [-0.3, -0.25) is 9.78 Å². The zero-order valence-electron chi connectivity index (χ0n) is 11.4. The Balaban J connectivity index is 1.61. The van der Waals surface area contributed by atoms with E-state index in [1.54, 1.807) is 6.20 Å². The van der Waals surface area contributed by atoms with Crippen LogP contribution in [0.2, 0.25) is 0 Å². The molecule has 102 valence electrons. The summed E-state index contributed by atoms with van der Waals surface area (Å²) in [7, 11) is 0. The summed E-state index contributed by atoms with van der Waals surface area (Å²) in [5, 5.41) is 0. The van der Waals surface area contributed by atoms with Gasteiger partial charge in [0.05, 0.1) is 12.2 Å². The molecule has 1 aromatic carbocycles. The number of pyridine rings is 1. The van der Waals surface area contributed by atoms with Crippen molar-refractivity contribution in [1.29, 1.82) is 0 Å². The Morgan fingerprint density at radius 1 is 1.10 bits per heavy atom. The normalized spacial score (nSPS) is 18.5. The van der Waals surface area contributed by atoms with Crippen LogP contribution in [0.25, 0.3) is 0 Å². The van der Waals surface area contributed by atoms with E-state index in [4.69, 9.17) is 0 Å². The van der Waals surface area contributed by atoms with Gasteiger partial charge in [0.25, 0.3) is 0 Å². The lowest BCUT2D eigenvalue weighted by Gasteiger charge is -2.16. The highest BCUT2D eigenvalue weighted by Gasteiger charge is 2.29. The summed E-state index contributed by atoms with van der Waals surface area (Å²) >= 11 is 0. The lowest BCUT2D eigenvalue weighted by molar-refractivity contribution is -0.128. The fourth-order valence-corrected chi connectivity index (χ4v) is 2.78. The minimum absolute atomic E-state index is 0.247. The molecule has 1 saturated heterocycles. The first-order valence-electron chi connectivity index (χ1n) is 7.03. The molecule has 0 aliphatic carbocycles. The van der Waals surface area contributed by atoms with Crippen LogP contribution in [0.1, 0.15) is 17.7 Å². The predicted molar refractivity (Wildman–Crippen MR) is 77.9 cm³/mol. The van der Waals surface area contributed by atoms with Crippen LogP contribution in [0.15, 0.2) is 54.7 Å². The summed E-state index contributed by atoms with van der Waals surface area (Å²) in [4.78, 5) is 18.3. The van der Waals surface area contributed by atoms with Gasteiger partial charge >= 0.3 is 0 Å². The molecule has 3 rings (SSSR count). The van der Waals surface area contributed by atoms with Crippen LogP contribution in [0.3, 0.4) is 0 Å². The smallest absolute Gasteiger partial charge is 0.223 e. The van der Waals surface area contributed by atoms with Crippen LogP contribution in [0.4, 0.5) is 0 Å². The summed E-state index contributed by atoms with van der Waals surface area (Å²) in [5.41, 5.74) is 2.27. The van der Waals surface area contributed by atoms with Gasteiger partial charge in [-0.25, -0.2) is 0 Å². The van der Waals surface area contributed by atoms with E-state index in [9.17, 15) is 4.79 Å². The maximum absolute atomic E-state index is 12.1. The van der Waals surface area contributed by atoms with Crippen molar-refractivity contribution in [3.63, 3.8) is 0 Å². The molecular weight excluding hydrogens is 248 g/mol. The summed E-state index contributed by atoms with van der Waals surface area (Å²) in [6, 6.07) is 16.2. The molecular formula is C17H18N2O. The molecule has 20 heavy (non-hydrogen) atoms. The van der Waals surface area contributed by atoms with E-state index in [-0.39, 0.29) is 5.91 Å². The maximum Gasteiger partial charge on any atom is 0.223 e. The van der Waals surface area contributed by atoms with Crippen LogP contribution < -0.4 is 0 Å². The molecule has 2 heterocycles. The lowest BCUT2D eigenvalue weighted by atomic mass is 9.99. The second-order valence-corrected chi connectivity index (χ2v) is 5.36. The van der Waals surface area contributed by atoms with Crippen molar-refractivity contribution in [1.82, 2.24) is 9.88 Å². The van der Waals surface area contributed by atoms with E-state index < -0.39 is 0 Å². The molecule has 0 saturated carbocycles. The Labute approximate surface area is 119 Å². The summed E-state index contributed by atoms with van der Waals surface area (Å²) in [6.45, 7) is 1.47. The zero-order chi connectivity index (χ0) is 13.8. The fraction of sp³-hybridized carbons (Fsp3) is 0.294. The van der Waals surface area contributed by atoms with Gasteiger partial charge in [0.15, 0.2) is 0 Å². The first-order valence-corrected chi connectivity index (χ1v) is 7.03. The number of amides is 1. The van der Waals surface area contributed by atoms with Crippen molar-refractivity contribution in [2.75, 3.05) is 6.54 Å². The lowest BCUT2D eigenvalue weighted by Crippen LogP contribution is -2.25. The second-order valence-electron chi connectivity index (χ2n) is 5.36. The number of benzene rings is 1. The maximum atomic E-state index is 12.1. The van der Waals surface area contributed by atoms with Crippen LogP contribution in [0.5, 0.6) is 0 Å². The number of rotatable bonds is 4. The number of hydrogen-bond acceptors (Lipinski definition) is 2. The van der Waals surface area contributed by atoms with Crippen molar-refractivity contribution < 1.29 is 4.79 Å². The Kier molecular flexibility index (Phi) is 3.77. The minimum atomic E-state index is 0.247. The highest BCUT2D eigenvalue weighted by molar-refractivity contribution is 5.78. The summed E-state index contributed by atoms with van der Waals surface area (Å²) < 4.78 is 0. The van der Waals surface area contributed by atoms with Gasteiger partial charge < -0.3 is 4.90 Å². The largest absolute Gasteiger partial charge is 0.336 e. The quantitative estimate of drug-likeness (QED) is 0.852. The first kappa shape index (κ1) is 12.9. The Hall–Kier alpha value is -2.16.